The van der Waals surface area contributed by atoms with Gasteiger partial charge in [0.25, 0.3) is 10.1 Å². The predicted molar refractivity (Wildman–Crippen MR) is 94.5 cm³/mol. The van der Waals surface area contributed by atoms with Gasteiger partial charge in [0.1, 0.15) is 11.3 Å². The van der Waals surface area contributed by atoms with Gasteiger partial charge in [-0.2, -0.15) is 8.42 Å². The van der Waals surface area contributed by atoms with E-state index < -0.39 is 10.1 Å². The van der Waals surface area contributed by atoms with Crippen LogP contribution in [0.15, 0.2) is 17.0 Å². The van der Waals surface area contributed by atoms with Crippen LogP contribution in [0.4, 0.5) is 5.69 Å². The van der Waals surface area contributed by atoms with Crippen LogP contribution in [0, 0.1) is 13.8 Å². The van der Waals surface area contributed by atoms with Gasteiger partial charge in [-0.3, -0.25) is 13.7 Å². The number of hydrogen-bond donors (Lipinski definition) is 3. The van der Waals surface area contributed by atoms with Crippen molar-refractivity contribution < 1.29 is 27.6 Å². The third-order valence-electron chi connectivity index (χ3n) is 4.22. The van der Waals surface area contributed by atoms with Gasteiger partial charge in [-0.25, -0.2) is 4.98 Å². The second kappa shape index (κ2) is 5.85. The molecule has 3 N–H and O–H groups in total. The molecule has 0 aliphatic rings. The highest BCUT2D eigenvalue weighted by atomic mass is 32.2. The number of amides is 1. The first-order valence-corrected chi connectivity index (χ1v) is 8.97. The molecule has 26 heavy (non-hydrogen) atoms. The van der Waals surface area contributed by atoms with E-state index in [1.807, 2.05) is 0 Å². The summed E-state index contributed by atoms with van der Waals surface area (Å²) in [5, 5.41) is 13.3. The maximum atomic E-state index is 11.6. The van der Waals surface area contributed by atoms with Crippen molar-refractivity contribution in [1.82, 2.24) is 9.38 Å². The van der Waals surface area contributed by atoms with E-state index >= 15 is 0 Å². The molecular formula is C16H17N3O6S. The average molecular weight is 379 g/mol. The minimum Gasteiger partial charge on any atom is -0.494 e. The fourth-order valence-electron chi connectivity index (χ4n) is 2.84. The van der Waals surface area contributed by atoms with Crippen LogP contribution in [0.3, 0.4) is 0 Å². The molecular weight excluding hydrogens is 362 g/mol. The van der Waals surface area contributed by atoms with E-state index in [1.165, 1.54) is 24.5 Å². The molecule has 2 aromatic heterocycles. The molecule has 0 atom stereocenters. The first-order chi connectivity index (χ1) is 12.1. The van der Waals surface area contributed by atoms with Crippen molar-refractivity contribution in [3.05, 3.63) is 23.3 Å². The van der Waals surface area contributed by atoms with Crippen LogP contribution in [0.5, 0.6) is 11.6 Å². The fraction of sp³-hybridized carbons (Fsp3) is 0.250. The highest BCUT2D eigenvalue weighted by Crippen LogP contribution is 2.38. The monoisotopic (exact) mass is 379 g/mol. The van der Waals surface area contributed by atoms with E-state index in [9.17, 15) is 22.9 Å². The topological polar surface area (TPSA) is 130 Å². The average Bonchev–Trinajstić information content (AvgIpc) is 2.94. The summed E-state index contributed by atoms with van der Waals surface area (Å²) >= 11 is 0. The highest BCUT2D eigenvalue weighted by molar-refractivity contribution is 7.85. The zero-order chi connectivity index (χ0) is 19.4. The Morgan fingerprint density at radius 3 is 2.46 bits per heavy atom. The third kappa shape index (κ3) is 2.63. The first kappa shape index (κ1) is 18.0. The number of fused-ring (bicyclic) bond motifs is 3. The Morgan fingerprint density at radius 1 is 1.27 bits per heavy atom. The van der Waals surface area contributed by atoms with E-state index in [-0.39, 0.29) is 33.6 Å². The van der Waals surface area contributed by atoms with Crippen molar-refractivity contribution in [2.75, 3.05) is 12.4 Å². The van der Waals surface area contributed by atoms with E-state index in [2.05, 4.69) is 10.3 Å². The number of benzene rings is 1. The largest absolute Gasteiger partial charge is 0.494 e. The van der Waals surface area contributed by atoms with Gasteiger partial charge in [0.05, 0.1) is 23.2 Å². The van der Waals surface area contributed by atoms with E-state index in [0.29, 0.717) is 22.3 Å². The van der Waals surface area contributed by atoms with E-state index in [1.54, 1.807) is 13.8 Å². The number of nitrogens with one attached hydrogen (secondary N) is 1. The minimum absolute atomic E-state index is 0.0925. The van der Waals surface area contributed by atoms with Crippen molar-refractivity contribution >= 4 is 38.4 Å². The van der Waals surface area contributed by atoms with Gasteiger partial charge < -0.3 is 15.2 Å². The lowest BCUT2D eigenvalue weighted by atomic mass is 10.1. The standard InChI is InChI=1S/C16H17N3O6S/c1-7-8(2)16(21)19-14-11(18-15(19)13(7)17-9(3)20)5-10(26(22,23)24)6-12(14)25-4/h5-6,21H,1-4H3,(H,17,20)(H,22,23,24). The molecule has 10 heteroatoms. The predicted octanol–water partition coefficient (Wildman–Crippen LogP) is 2.02. The van der Waals surface area contributed by atoms with Gasteiger partial charge in [0.15, 0.2) is 5.65 Å². The van der Waals surface area contributed by atoms with Gasteiger partial charge in [0.2, 0.25) is 11.8 Å². The first-order valence-electron chi connectivity index (χ1n) is 7.53. The van der Waals surface area contributed by atoms with Gasteiger partial charge in [0, 0.05) is 18.6 Å². The lowest BCUT2D eigenvalue weighted by Gasteiger charge is -2.14. The molecule has 3 aromatic rings. The molecule has 0 spiro atoms. The number of rotatable bonds is 3. The molecule has 0 saturated carbocycles. The third-order valence-corrected chi connectivity index (χ3v) is 5.05. The Morgan fingerprint density at radius 2 is 1.92 bits per heavy atom. The summed E-state index contributed by atoms with van der Waals surface area (Å²) in [5.41, 5.74) is 2.22. The Balaban J connectivity index is 2.57. The molecule has 0 fully saturated rings. The van der Waals surface area contributed by atoms with Crippen LogP contribution < -0.4 is 10.1 Å². The van der Waals surface area contributed by atoms with Crippen molar-refractivity contribution in [2.45, 2.75) is 25.7 Å². The summed E-state index contributed by atoms with van der Waals surface area (Å²) in [6.45, 7) is 4.75. The van der Waals surface area contributed by atoms with Crippen LogP contribution in [0.1, 0.15) is 18.1 Å². The minimum atomic E-state index is -4.48. The lowest BCUT2D eigenvalue weighted by Crippen LogP contribution is -2.10. The Labute approximate surface area is 149 Å². The molecule has 3 rings (SSSR count). The smallest absolute Gasteiger partial charge is 0.294 e. The molecule has 9 nitrogen and oxygen atoms in total. The van der Waals surface area contributed by atoms with Gasteiger partial charge >= 0.3 is 0 Å². The molecule has 0 aliphatic carbocycles. The summed E-state index contributed by atoms with van der Waals surface area (Å²) < 4.78 is 39.0. The number of methoxy groups -OCH3 is 1. The number of aromatic hydroxyl groups is 1. The van der Waals surface area contributed by atoms with Crippen molar-refractivity contribution in [3.8, 4) is 11.6 Å². The van der Waals surface area contributed by atoms with Crippen LogP contribution in [-0.4, -0.2) is 40.5 Å². The van der Waals surface area contributed by atoms with Gasteiger partial charge in [-0.15, -0.1) is 0 Å². The van der Waals surface area contributed by atoms with Crippen molar-refractivity contribution in [2.24, 2.45) is 0 Å². The summed E-state index contributed by atoms with van der Waals surface area (Å²) in [6, 6.07) is 2.31. The summed E-state index contributed by atoms with van der Waals surface area (Å²) in [4.78, 5) is 15.5. The molecule has 0 radical (unpaired) electrons. The van der Waals surface area contributed by atoms with Crippen LogP contribution in [-0.2, 0) is 14.9 Å². The summed E-state index contributed by atoms with van der Waals surface area (Å²) in [5.74, 6) is -0.348. The summed E-state index contributed by atoms with van der Waals surface area (Å²) in [6.07, 6.45) is 0. The Hall–Kier alpha value is -2.85. The summed E-state index contributed by atoms with van der Waals surface area (Å²) in [7, 11) is -3.15. The van der Waals surface area contributed by atoms with Gasteiger partial charge in [-0.05, 0) is 25.5 Å². The maximum absolute atomic E-state index is 11.6. The molecule has 0 saturated heterocycles. The molecule has 0 unspecified atom stereocenters. The number of carbonyl (C=O) groups excluding carboxylic acids is 1. The molecule has 2 heterocycles. The van der Waals surface area contributed by atoms with Gasteiger partial charge in [-0.1, -0.05) is 0 Å². The number of ether oxygens (including phenoxy) is 1. The second-order valence-corrected chi connectivity index (χ2v) is 7.29. The number of nitrogens with zero attached hydrogens (tertiary/aromatic N) is 2. The molecule has 0 aliphatic heterocycles. The van der Waals surface area contributed by atoms with Crippen molar-refractivity contribution in [3.63, 3.8) is 0 Å². The maximum Gasteiger partial charge on any atom is 0.294 e. The molecule has 1 aromatic carbocycles. The highest BCUT2D eigenvalue weighted by Gasteiger charge is 2.23. The Kier molecular flexibility index (Phi) is 4.04. The fourth-order valence-corrected chi connectivity index (χ4v) is 3.36. The Bertz CT molecular complexity index is 1180. The SMILES string of the molecule is COc1cc(S(=O)(=O)O)cc2nc3c(NC(C)=O)c(C)c(C)c(O)n3c12. The normalized spacial score (nSPS) is 11.9. The molecule has 1 amide bonds. The zero-order valence-electron chi connectivity index (χ0n) is 14.5. The quantitative estimate of drug-likeness (QED) is 0.594. The zero-order valence-corrected chi connectivity index (χ0v) is 15.3. The van der Waals surface area contributed by atoms with Crippen LogP contribution in [0.25, 0.3) is 16.7 Å². The number of carbonyl (C=O) groups is 1. The van der Waals surface area contributed by atoms with Crippen LogP contribution in [0.2, 0.25) is 0 Å². The number of hydrogen-bond acceptors (Lipinski definition) is 6. The molecule has 0 bridgehead atoms. The number of anilines is 1. The van der Waals surface area contributed by atoms with E-state index in [0.717, 1.165) is 6.07 Å². The van der Waals surface area contributed by atoms with Crippen molar-refractivity contribution in [1.29, 1.82) is 0 Å². The second-order valence-electron chi connectivity index (χ2n) is 5.87. The number of aromatic nitrogens is 2. The van der Waals surface area contributed by atoms with Crippen LogP contribution >= 0.6 is 0 Å². The number of pyridine rings is 1. The number of imidazole rings is 1. The van der Waals surface area contributed by atoms with E-state index in [4.69, 9.17) is 4.74 Å². The lowest BCUT2D eigenvalue weighted by molar-refractivity contribution is -0.114. The molecule has 138 valence electrons.